The Morgan fingerprint density at radius 3 is 2.52 bits per heavy atom. The number of carbonyl (C=O) groups is 2. The smallest absolute Gasteiger partial charge is 0.252 e. The Labute approximate surface area is 210 Å². The van der Waals surface area contributed by atoms with Gasteiger partial charge in [0, 0.05) is 10.0 Å². The van der Waals surface area contributed by atoms with Crippen LogP contribution in [0.4, 0.5) is 5.69 Å². The number of hydrogen-bond donors (Lipinski definition) is 2. The molecule has 9 heteroatoms. The molecule has 170 valence electrons. The lowest BCUT2D eigenvalue weighted by Crippen LogP contribution is -2.34. The monoisotopic (exact) mass is 547 g/mol. The number of rotatable bonds is 8. The first kappa shape index (κ1) is 24.8. The van der Waals surface area contributed by atoms with E-state index in [1.54, 1.807) is 42.5 Å². The molecule has 3 aromatic rings. The lowest BCUT2D eigenvalue weighted by molar-refractivity contribution is -0.131. The van der Waals surface area contributed by atoms with Crippen LogP contribution in [0.25, 0.3) is 0 Å². The SMILES string of the molecule is CC(C(=O)NN=Cc1ccccc1OCc1ccc(Cl)c(Cl)c1)C(=O)Nc1ccccc1Br. The van der Waals surface area contributed by atoms with Crippen LogP contribution >= 0.6 is 39.1 Å². The van der Waals surface area contributed by atoms with E-state index in [0.29, 0.717) is 27.0 Å². The molecule has 2 amide bonds. The molecule has 1 atom stereocenters. The molecule has 3 rings (SSSR count). The number of nitrogens with one attached hydrogen (secondary N) is 2. The summed E-state index contributed by atoms with van der Waals surface area (Å²) in [6.45, 7) is 1.78. The number of hydrazone groups is 1. The van der Waals surface area contributed by atoms with Gasteiger partial charge in [0.2, 0.25) is 5.91 Å². The Hall–Kier alpha value is -2.87. The highest BCUT2D eigenvalue weighted by Crippen LogP contribution is 2.24. The van der Waals surface area contributed by atoms with Crippen molar-refractivity contribution in [1.82, 2.24) is 5.43 Å². The van der Waals surface area contributed by atoms with E-state index in [1.165, 1.54) is 13.1 Å². The number of anilines is 1. The predicted octanol–water partition coefficient (Wildman–Crippen LogP) is 6.06. The maximum atomic E-state index is 12.4. The highest BCUT2D eigenvalue weighted by Gasteiger charge is 2.21. The van der Waals surface area contributed by atoms with Gasteiger partial charge in [0.05, 0.1) is 21.9 Å². The van der Waals surface area contributed by atoms with Crippen LogP contribution in [0.2, 0.25) is 10.0 Å². The Balaban J connectivity index is 1.58. The van der Waals surface area contributed by atoms with Crippen molar-refractivity contribution in [2.75, 3.05) is 5.32 Å². The van der Waals surface area contributed by atoms with E-state index in [2.05, 4.69) is 31.8 Å². The van der Waals surface area contributed by atoms with Gasteiger partial charge in [-0.1, -0.05) is 53.5 Å². The van der Waals surface area contributed by atoms with E-state index in [0.717, 1.165) is 10.0 Å². The minimum Gasteiger partial charge on any atom is -0.488 e. The van der Waals surface area contributed by atoms with Crippen LogP contribution in [-0.4, -0.2) is 18.0 Å². The summed E-state index contributed by atoms with van der Waals surface area (Å²) >= 11 is 15.3. The second-order valence-corrected chi connectivity index (χ2v) is 8.67. The molecule has 0 aromatic heterocycles. The number of carbonyl (C=O) groups excluding carboxylic acids is 2. The molecule has 0 radical (unpaired) electrons. The summed E-state index contributed by atoms with van der Waals surface area (Å²) in [5.74, 6) is -1.36. The van der Waals surface area contributed by atoms with Crippen molar-refractivity contribution in [3.05, 3.63) is 92.4 Å². The highest BCUT2D eigenvalue weighted by atomic mass is 79.9. The van der Waals surface area contributed by atoms with Crippen molar-refractivity contribution in [3.8, 4) is 5.75 Å². The summed E-state index contributed by atoms with van der Waals surface area (Å²) in [7, 11) is 0. The van der Waals surface area contributed by atoms with Crippen LogP contribution in [0.15, 0.2) is 76.3 Å². The zero-order valence-electron chi connectivity index (χ0n) is 17.5. The maximum Gasteiger partial charge on any atom is 0.252 e. The van der Waals surface area contributed by atoms with Gasteiger partial charge in [-0.15, -0.1) is 0 Å². The van der Waals surface area contributed by atoms with Gasteiger partial charge in [0.25, 0.3) is 5.91 Å². The second kappa shape index (κ2) is 11.8. The van der Waals surface area contributed by atoms with Gasteiger partial charge in [-0.3, -0.25) is 9.59 Å². The molecule has 6 nitrogen and oxygen atoms in total. The lowest BCUT2D eigenvalue weighted by Gasteiger charge is -2.12. The molecule has 0 heterocycles. The third kappa shape index (κ3) is 7.05. The van der Waals surface area contributed by atoms with Gasteiger partial charge in [0.1, 0.15) is 18.3 Å². The van der Waals surface area contributed by atoms with Crippen molar-refractivity contribution < 1.29 is 14.3 Å². The maximum absolute atomic E-state index is 12.4. The summed E-state index contributed by atoms with van der Waals surface area (Å²) in [6, 6.07) is 19.7. The standard InChI is InChI=1S/C24H20BrCl2N3O3/c1-15(23(31)29-21-8-4-3-7-18(21)25)24(32)30-28-13-17-6-2-5-9-22(17)33-14-16-10-11-19(26)20(27)12-16/h2-13,15H,14H2,1H3,(H,29,31)(H,30,32). The van der Waals surface area contributed by atoms with Crippen LogP contribution < -0.4 is 15.5 Å². The first-order chi connectivity index (χ1) is 15.8. The molecule has 1 unspecified atom stereocenters. The first-order valence-corrected chi connectivity index (χ1v) is 11.4. The quantitative estimate of drug-likeness (QED) is 0.204. The van der Waals surface area contributed by atoms with Crippen LogP contribution in [0.1, 0.15) is 18.1 Å². The van der Waals surface area contributed by atoms with E-state index in [1.807, 2.05) is 24.3 Å². The summed E-state index contributed by atoms with van der Waals surface area (Å²) in [5.41, 5.74) is 4.49. The fourth-order valence-corrected chi connectivity index (χ4v) is 3.40. The number of para-hydroxylation sites is 2. The summed E-state index contributed by atoms with van der Waals surface area (Å²) in [6.07, 6.45) is 1.46. The molecule has 0 saturated carbocycles. The molecule has 0 aliphatic carbocycles. The zero-order valence-corrected chi connectivity index (χ0v) is 20.6. The minimum atomic E-state index is -0.949. The summed E-state index contributed by atoms with van der Waals surface area (Å²) < 4.78 is 6.59. The third-order valence-corrected chi connectivity index (χ3v) is 6.02. The number of benzene rings is 3. The van der Waals surface area contributed by atoms with Gasteiger partial charge in [-0.05, 0) is 64.8 Å². The summed E-state index contributed by atoms with van der Waals surface area (Å²) in [5, 5.41) is 7.62. The molecule has 33 heavy (non-hydrogen) atoms. The van der Waals surface area contributed by atoms with E-state index in [9.17, 15) is 9.59 Å². The fraction of sp³-hybridized carbons (Fsp3) is 0.125. The number of ether oxygens (including phenoxy) is 1. The normalized spacial score (nSPS) is 11.8. The van der Waals surface area contributed by atoms with Gasteiger partial charge in [-0.2, -0.15) is 5.10 Å². The van der Waals surface area contributed by atoms with Gasteiger partial charge in [0.15, 0.2) is 0 Å². The van der Waals surface area contributed by atoms with E-state index < -0.39 is 17.7 Å². The summed E-state index contributed by atoms with van der Waals surface area (Å²) in [4.78, 5) is 24.7. The van der Waals surface area contributed by atoms with Crippen LogP contribution in [0.3, 0.4) is 0 Å². The molecule has 3 aromatic carbocycles. The van der Waals surface area contributed by atoms with Crippen LogP contribution in [-0.2, 0) is 16.2 Å². The van der Waals surface area contributed by atoms with Gasteiger partial charge >= 0.3 is 0 Å². The predicted molar refractivity (Wildman–Crippen MR) is 135 cm³/mol. The van der Waals surface area contributed by atoms with Crippen molar-refractivity contribution in [1.29, 1.82) is 0 Å². The van der Waals surface area contributed by atoms with Crippen molar-refractivity contribution in [2.24, 2.45) is 11.0 Å². The van der Waals surface area contributed by atoms with E-state index >= 15 is 0 Å². The fourth-order valence-electron chi connectivity index (χ4n) is 2.69. The van der Waals surface area contributed by atoms with E-state index in [-0.39, 0.29) is 6.61 Å². The zero-order chi connectivity index (χ0) is 23.8. The average molecular weight is 549 g/mol. The minimum absolute atomic E-state index is 0.278. The third-order valence-electron chi connectivity index (χ3n) is 4.59. The number of nitrogens with zero attached hydrogens (tertiary/aromatic N) is 1. The molecule has 0 aliphatic rings. The molecule has 0 fully saturated rings. The molecule has 2 N–H and O–H groups in total. The highest BCUT2D eigenvalue weighted by molar-refractivity contribution is 9.10. The van der Waals surface area contributed by atoms with Crippen molar-refractivity contribution in [2.45, 2.75) is 13.5 Å². The first-order valence-electron chi connectivity index (χ1n) is 9.89. The Bertz CT molecular complexity index is 1190. The molecule has 0 aliphatic heterocycles. The number of amides is 2. The topological polar surface area (TPSA) is 79.8 Å². The van der Waals surface area contributed by atoms with Gasteiger partial charge in [-0.25, -0.2) is 5.43 Å². The van der Waals surface area contributed by atoms with Crippen LogP contribution in [0.5, 0.6) is 5.75 Å². The van der Waals surface area contributed by atoms with Crippen molar-refractivity contribution >= 4 is 62.8 Å². The average Bonchev–Trinajstić information content (AvgIpc) is 2.81. The number of halogens is 3. The van der Waals surface area contributed by atoms with E-state index in [4.69, 9.17) is 27.9 Å². The van der Waals surface area contributed by atoms with Crippen molar-refractivity contribution in [3.63, 3.8) is 0 Å². The molecule has 0 spiro atoms. The number of hydrogen-bond acceptors (Lipinski definition) is 4. The Morgan fingerprint density at radius 1 is 1.03 bits per heavy atom. The Morgan fingerprint density at radius 2 is 1.76 bits per heavy atom. The van der Waals surface area contributed by atoms with Crippen LogP contribution in [0, 0.1) is 5.92 Å². The Kier molecular flexibility index (Phi) is 8.88. The molecular formula is C24H20BrCl2N3O3. The molecule has 0 bridgehead atoms. The molecular weight excluding hydrogens is 529 g/mol. The van der Waals surface area contributed by atoms with Gasteiger partial charge < -0.3 is 10.1 Å². The second-order valence-electron chi connectivity index (χ2n) is 7.00. The molecule has 0 saturated heterocycles. The largest absolute Gasteiger partial charge is 0.488 e. The lowest BCUT2D eigenvalue weighted by atomic mass is 10.1.